The monoisotopic (exact) mass is 289 g/mol. The van der Waals surface area contributed by atoms with Crippen LogP contribution < -0.4 is 5.32 Å². The number of aromatic nitrogens is 4. The standard InChI is InChI=1S/C12H11N5O2S/c1-20-8-4-2-7(3-5-8)10-6-9(11(18)19)13-12-14-15-16-17(10)12/h2-6,10H,1H3,(H,18,19)(H,13,14,16)/t10-/m0/s1. The molecule has 1 aliphatic heterocycles. The summed E-state index contributed by atoms with van der Waals surface area (Å²) < 4.78 is 1.56. The third-order valence-corrected chi connectivity index (χ3v) is 3.76. The van der Waals surface area contributed by atoms with Gasteiger partial charge in [0.05, 0.1) is 0 Å². The minimum atomic E-state index is -1.04. The number of rotatable bonds is 3. The van der Waals surface area contributed by atoms with E-state index in [1.807, 2.05) is 30.5 Å². The maximum absolute atomic E-state index is 11.2. The molecule has 1 aliphatic rings. The van der Waals surface area contributed by atoms with Crippen molar-refractivity contribution in [2.24, 2.45) is 0 Å². The second kappa shape index (κ2) is 4.97. The summed E-state index contributed by atoms with van der Waals surface area (Å²) >= 11 is 1.65. The van der Waals surface area contributed by atoms with Crippen LogP contribution in [-0.2, 0) is 4.79 Å². The lowest BCUT2D eigenvalue weighted by Gasteiger charge is -2.21. The van der Waals surface area contributed by atoms with Gasteiger partial charge in [0, 0.05) is 4.90 Å². The van der Waals surface area contributed by atoms with Gasteiger partial charge in [0.25, 0.3) is 0 Å². The number of carboxylic acids is 1. The van der Waals surface area contributed by atoms with E-state index in [4.69, 9.17) is 5.11 Å². The van der Waals surface area contributed by atoms with Gasteiger partial charge in [-0.15, -0.1) is 11.8 Å². The molecule has 7 nitrogen and oxygen atoms in total. The predicted molar refractivity (Wildman–Crippen MR) is 73.5 cm³/mol. The van der Waals surface area contributed by atoms with Crippen LogP contribution >= 0.6 is 11.8 Å². The van der Waals surface area contributed by atoms with E-state index in [9.17, 15) is 4.79 Å². The fraction of sp³-hybridized carbons (Fsp3) is 0.167. The Balaban J connectivity index is 2.04. The van der Waals surface area contributed by atoms with Crippen LogP contribution in [0.4, 0.5) is 5.95 Å². The molecule has 0 radical (unpaired) electrons. The average Bonchev–Trinajstić information content (AvgIpc) is 2.94. The number of allylic oxidation sites excluding steroid dienone is 1. The molecule has 102 valence electrons. The first-order valence-corrected chi connectivity index (χ1v) is 7.05. The van der Waals surface area contributed by atoms with Gasteiger partial charge in [-0.2, -0.15) is 4.68 Å². The Morgan fingerprint density at radius 3 is 2.80 bits per heavy atom. The molecule has 0 unspecified atom stereocenters. The van der Waals surface area contributed by atoms with Gasteiger partial charge >= 0.3 is 5.97 Å². The van der Waals surface area contributed by atoms with Gasteiger partial charge in [-0.1, -0.05) is 17.2 Å². The molecule has 2 heterocycles. The van der Waals surface area contributed by atoms with Crippen molar-refractivity contribution in [3.8, 4) is 0 Å². The van der Waals surface area contributed by atoms with E-state index in [-0.39, 0.29) is 11.7 Å². The molecular formula is C12H11N5O2S. The van der Waals surface area contributed by atoms with E-state index in [0.29, 0.717) is 5.95 Å². The molecule has 0 bridgehead atoms. The maximum Gasteiger partial charge on any atom is 0.352 e. The van der Waals surface area contributed by atoms with Crippen molar-refractivity contribution in [1.82, 2.24) is 20.2 Å². The Hall–Kier alpha value is -2.35. The number of tetrazole rings is 1. The van der Waals surface area contributed by atoms with Crippen molar-refractivity contribution in [1.29, 1.82) is 0 Å². The molecule has 0 saturated carbocycles. The van der Waals surface area contributed by atoms with E-state index in [1.165, 1.54) is 0 Å². The Morgan fingerprint density at radius 1 is 1.40 bits per heavy atom. The smallest absolute Gasteiger partial charge is 0.352 e. The summed E-state index contributed by atoms with van der Waals surface area (Å²) in [6.45, 7) is 0. The van der Waals surface area contributed by atoms with Crippen LogP contribution in [0.25, 0.3) is 0 Å². The normalized spacial score (nSPS) is 17.1. The topological polar surface area (TPSA) is 92.9 Å². The average molecular weight is 289 g/mol. The number of thioether (sulfide) groups is 1. The maximum atomic E-state index is 11.2. The summed E-state index contributed by atoms with van der Waals surface area (Å²) in [5.74, 6) is -0.714. The number of anilines is 1. The number of hydrogen-bond donors (Lipinski definition) is 2. The largest absolute Gasteiger partial charge is 0.477 e. The first-order chi connectivity index (χ1) is 9.69. The van der Waals surface area contributed by atoms with E-state index in [2.05, 4.69) is 20.8 Å². The first-order valence-electron chi connectivity index (χ1n) is 5.83. The number of carboxylic acid groups (broad SMARTS) is 1. The van der Waals surface area contributed by atoms with E-state index in [1.54, 1.807) is 22.5 Å². The van der Waals surface area contributed by atoms with Crippen molar-refractivity contribution in [2.75, 3.05) is 11.6 Å². The minimum absolute atomic E-state index is 0.0752. The van der Waals surface area contributed by atoms with Crippen molar-refractivity contribution in [3.05, 3.63) is 41.6 Å². The van der Waals surface area contributed by atoms with Crippen molar-refractivity contribution in [2.45, 2.75) is 10.9 Å². The van der Waals surface area contributed by atoms with Gasteiger partial charge < -0.3 is 10.4 Å². The van der Waals surface area contributed by atoms with Crippen LogP contribution in [0.5, 0.6) is 0 Å². The van der Waals surface area contributed by atoms with Crippen LogP contribution in [0.15, 0.2) is 40.9 Å². The first kappa shape index (κ1) is 12.7. The number of benzene rings is 1. The number of carbonyl (C=O) groups is 1. The summed E-state index contributed by atoms with van der Waals surface area (Å²) in [4.78, 5) is 12.3. The highest BCUT2D eigenvalue weighted by molar-refractivity contribution is 7.98. The summed E-state index contributed by atoms with van der Waals surface area (Å²) in [6.07, 6.45) is 3.60. The van der Waals surface area contributed by atoms with Crippen LogP contribution in [0, 0.1) is 0 Å². The van der Waals surface area contributed by atoms with Crippen LogP contribution in [0.3, 0.4) is 0 Å². The minimum Gasteiger partial charge on any atom is -0.477 e. The molecule has 0 amide bonds. The van der Waals surface area contributed by atoms with E-state index >= 15 is 0 Å². The zero-order valence-corrected chi connectivity index (χ0v) is 11.3. The number of hydrogen-bond acceptors (Lipinski definition) is 6. The molecule has 0 spiro atoms. The number of nitrogens with one attached hydrogen (secondary N) is 1. The Morgan fingerprint density at radius 2 is 2.15 bits per heavy atom. The quantitative estimate of drug-likeness (QED) is 0.824. The Bertz CT molecular complexity index is 679. The summed E-state index contributed by atoms with van der Waals surface area (Å²) in [7, 11) is 0. The van der Waals surface area contributed by atoms with Crippen LogP contribution in [-0.4, -0.2) is 37.5 Å². The lowest BCUT2D eigenvalue weighted by atomic mass is 10.0. The molecule has 0 saturated heterocycles. The third-order valence-electron chi connectivity index (χ3n) is 3.02. The number of fused-ring (bicyclic) bond motifs is 1. The highest BCUT2D eigenvalue weighted by Crippen LogP contribution is 2.28. The van der Waals surface area contributed by atoms with Crippen molar-refractivity contribution < 1.29 is 9.90 Å². The summed E-state index contributed by atoms with van der Waals surface area (Å²) in [6, 6.07) is 7.54. The second-order valence-electron chi connectivity index (χ2n) is 4.18. The molecule has 0 fully saturated rings. The Labute approximate surface area is 118 Å². The fourth-order valence-corrected chi connectivity index (χ4v) is 2.43. The van der Waals surface area contributed by atoms with Gasteiger partial charge in [-0.25, -0.2) is 4.79 Å². The third kappa shape index (κ3) is 2.14. The molecule has 1 aromatic heterocycles. The second-order valence-corrected chi connectivity index (χ2v) is 5.06. The van der Waals surface area contributed by atoms with Gasteiger partial charge in [0.15, 0.2) is 0 Å². The fourth-order valence-electron chi connectivity index (χ4n) is 2.02. The van der Waals surface area contributed by atoms with Gasteiger partial charge in [0.1, 0.15) is 11.7 Å². The number of aliphatic carboxylic acids is 1. The lowest BCUT2D eigenvalue weighted by molar-refractivity contribution is -0.132. The summed E-state index contributed by atoms with van der Waals surface area (Å²) in [5, 5.41) is 23.1. The van der Waals surface area contributed by atoms with Gasteiger partial charge in [-0.3, -0.25) is 0 Å². The zero-order chi connectivity index (χ0) is 14.1. The highest BCUT2D eigenvalue weighted by atomic mass is 32.2. The lowest BCUT2D eigenvalue weighted by Crippen LogP contribution is -2.24. The number of nitrogens with zero attached hydrogens (tertiary/aromatic N) is 4. The molecule has 3 rings (SSSR count). The van der Waals surface area contributed by atoms with Gasteiger partial charge in [-0.05, 0) is 40.5 Å². The van der Waals surface area contributed by atoms with Gasteiger partial charge in [0.2, 0.25) is 5.95 Å². The SMILES string of the molecule is CSc1ccc([C@@H]2C=C(C(=O)O)Nc3nnnn32)cc1. The molecule has 20 heavy (non-hydrogen) atoms. The highest BCUT2D eigenvalue weighted by Gasteiger charge is 2.26. The predicted octanol–water partition coefficient (Wildman–Crippen LogP) is 1.38. The molecular weight excluding hydrogens is 278 g/mol. The van der Waals surface area contributed by atoms with Crippen molar-refractivity contribution in [3.63, 3.8) is 0 Å². The molecule has 2 N–H and O–H groups in total. The molecule has 0 aliphatic carbocycles. The summed E-state index contributed by atoms with van der Waals surface area (Å²) in [5.41, 5.74) is 1.00. The van der Waals surface area contributed by atoms with Crippen LogP contribution in [0.1, 0.15) is 11.6 Å². The molecule has 2 aromatic rings. The molecule has 8 heteroatoms. The Kier molecular flexibility index (Phi) is 3.15. The molecule has 1 aromatic carbocycles. The van der Waals surface area contributed by atoms with Crippen LogP contribution in [0.2, 0.25) is 0 Å². The zero-order valence-electron chi connectivity index (χ0n) is 10.5. The van der Waals surface area contributed by atoms with E-state index in [0.717, 1.165) is 10.5 Å². The van der Waals surface area contributed by atoms with Crippen molar-refractivity contribution >= 4 is 23.7 Å². The molecule has 1 atom stereocenters. The van der Waals surface area contributed by atoms with E-state index < -0.39 is 5.97 Å².